The van der Waals surface area contributed by atoms with Crippen LogP contribution in [0.25, 0.3) is 0 Å². The van der Waals surface area contributed by atoms with Gasteiger partial charge in [-0.3, -0.25) is 4.79 Å². The number of aromatic nitrogens is 1. The molecule has 2 aromatic rings. The van der Waals surface area contributed by atoms with Crippen LogP contribution < -0.4 is 0 Å². The Morgan fingerprint density at radius 3 is 2.32 bits per heavy atom. The highest BCUT2D eigenvalue weighted by atomic mass is 32.1. The Kier molecular flexibility index (Phi) is 4.15. The van der Waals surface area contributed by atoms with Gasteiger partial charge in [0.1, 0.15) is 5.01 Å². The number of hydrogen-bond donors (Lipinski definition) is 0. The lowest BCUT2D eigenvalue weighted by atomic mass is 9.76. The van der Waals surface area contributed by atoms with Gasteiger partial charge in [0, 0.05) is 18.5 Å². The maximum absolute atomic E-state index is 11.5. The van der Waals surface area contributed by atoms with Crippen LogP contribution in [0, 0.1) is 0 Å². The molecule has 0 aliphatic heterocycles. The number of benzene rings is 1. The summed E-state index contributed by atoms with van der Waals surface area (Å²) in [4.78, 5) is 16.7. The van der Waals surface area contributed by atoms with Crippen molar-refractivity contribution in [3.05, 3.63) is 52.0 Å². The summed E-state index contributed by atoms with van der Waals surface area (Å²) in [5, 5.41) is 1.05. The molecular formula is C16H19NOS. The number of rotatable bonds is 5. The van der Waals surface area contributed by atoms with E-state index in [1.165, 1.54) is 16.9 Å². The number of hydrogen-bond acceptors (Lipinski definition) is 3. The van der Waals surface area contributed by atoms with E-state index < -0.39 is 0 Å². The lowest BCUT2D eigenvalue weighted by Crippen LogP contribution is -2.25. The van der Waals surface area contributed by atoms with Gasteiger partial charge < -0.3 is 0 Å². The molecule has 1 aromatic carbocycles. The van der Waals surface area contributed by atoms with Crippen molar-refractivity contribution in [2.75, 3.05) is 0 Å². The molecule has 0 radical (unpaired) electrons. The van der Waals surface area contributed by atoms with Crippen LogP contribution in [0.3, 0.4) is 0 Å². The van der Waals surface area contributed by atoms with Gasteiger partial charge in [0.25, 0.3) is 0 Å². The average Bonchev–Trinajstić information content (AvgIpc) is 2.93. The first kappa shape index (κ1) is 13.9. The molecule has 0 unspecified atom stereocenters. The van der Waals surface area contributed by atoms with Crippen molar-refractivity contribution in [2.45, 2.75) is 39.0 Å². The molecule has 1 aromatic heterocycles. The van der Waals surface area contributed by atoms with Crippen molar-refractivity contribution in [2.24, 2.45) is 0 Å². The summed E-state index contributed by atoms with van der Waals surface area (Å²) in [6.07, 6.45) is 3.68. The van der Waals surface area contributed by atoms with E-state index in [-0.39, 0.29) is 11.2 Å². The zero-order valence-corrected chi connectivity index (χ0v) is 12.5. The van der Waals surface area contributed by atoms with Gasteiger partial charge >= 0.3 is 0 Å². The minimum atomic E-state index is -0.0698. The van der Waals surface area contributed by atoms with Gasteiger partial charge in [0.2, 0.25) is 0 Å². The van der Waals surface area contributed by atoms with Gasteiger partial charge in [-0.15, -0.1) is 11.3 Å². The highest BCUT2D eigenvalue weighted by Gasteiger charge is 2.33. The minimum Gasteiger partial charge on any atom is -0.294 e. The average molecular weight is 273 g/mol. The fourth-order valence-electron chi connectivity index (χ4n) is 2.50. The molecule has 0 atom stereocenters. The summed E-state index contributed by atoms with van der Waals surface area (Å²) in [5.74, 6) is 0.0953. The molecule has 100 valence electrons. The molecule has 2 rings (SSSR count). The van der Waals surface area contributed by atoms with E-state index in [4.69, 9.17) is 0 Å². The second-order valence-corrected chi connectivity index (χ2v) is 5.77. The Balaban J connectivity index is 2.52. The highest BCUT2D eigenvalue weighted by molar-refractivity contribution is 7.13. The first-order valence-electron chi connectivity index (χ1n) is 6.66. The molecule has 0 bridgehead atoms. The predicted octanol–water partition coefficient (Wildman–Crippen LogP) is 4.45. The zero-order chi connectivity index (χ0) is 13.9. The van der Waals surface area contributed by atoms with Crippen molar-refractivity contribution >= 4 is 17.1 Å². The van der Waals surface area contributed by atoms with Crippen LogP contribution in [0.15, 0.2) is 36.5 Å². The zero-order valence-electron chi connectivity index (χ0n) is 11.6. The minimum absolute atomic E-state index is 0.0698. The van der Waals surface area contributed by atoms with E-state index in [1.54, 1.807) is 13.1 Å². The maximum Gasteiger partial charge on any atom is 0.171 e. The van der Waals surface area contributed by atoms with E-state index in [9.17, 15) is 4.79 Å². The monoisotopic (exact) mass is 273 g/mol. The molecule has 0 amide bonds. The third kappa shape index (κ3) is 2.47. The summed E-state index contributed by atoms with van der Waals surface area (Å²) in [6.45, 7) is 5.97. The Morgan fingerprint density at radius 2 is 1.84 bits per heavy atom. The Labute approximate surface area is 118 Å². The molecule has 19 heavy (non-hydrogen) atoms. The second kappa shape index (κ2) is 5.66. The number of Topliss-reactive ketones (excluding diaryl/α,β-unsaturated/α-hetero) is 1. The van der Waals surface area contributed by atoms with Crippen LogP contribution in [0.1, 0.15) is 53.9 Å². The summed E-state index contributed by atoms with van der Waals surface area (Å²) in [6, 6.07) is 10.5. The molecule has 0 N–H and O–H groups in total. The smallest absolute Gasteiger partial charge is 0.171 e. The molecule has 0 aliphatic carbocycles. The topological polar surface area (TPSA) is 30.0 Å². The van der Waals surface area contributed by atoms with Crippen LogP contribution in [-0.4, -0.2) is 10.8 Å². The van der Waals surface area contributed by atoms with Crippen LogP contribution >= 0.6 is 11.3 Å². The van der Waals surface area contributed by atoms with E-state index in [0.717, 1.165) is 22.7 Å². The number of nitrogens with zero attached hydrogens (tertiary/aromatic N) is 1. The number of carbonyl (C=O) groups is 1. The van der Waals surface area contributed by atoms with Crippen molar-refractivity contribution in [3.8, 4) is 0 Å². The van der Waals surface area contributed by atoms with Gasteiger partial charge in [0.05, 0.1) is 4.88 Å². The molecule has 0 fully saturated rings. The van der Waals surface area contributed by atoms with Gasteiger partial charge in [-0.2, -0.15) is 0 Å². The standard InChI is InChI=1S/C16H19NOS/c1-4-16(5-2,13-9-7-6-8-10-13)15-17-11-14(19-15)12(3)18/h6-11H,4-5H2,1-3H3. The van der Waals surface area contributed by atoms with Crippen molar-refractivity contribution in [1.82, 2.24) is 4.98 Å². The fourth-order valence-corrected chi connectivity index (χ4v) is 3.66. The summed E-state index contributed by atoms with van der Waals surface area (Å²) in [5.41, 5.74) is 1.21. The first-order chi connectivity index (χ1) is 9.14. The Bertz CT molecular complexity index is 555. The lowest BCUT2D eigenvalue weighted by molar-refractivity contribution is 0.102. The van der Waals surface area contributed by atoms with Crippen molar-refractivity contribution in [3.63, 3.8) is 0 Å². The number of carbonyl (C=O) groups excluding carboxylic acids is 1. The maximum atomic E-state index is 11.5. The largest absolute Gasteiger partial charge is 0.294 e. The summed E-state index contributed by atoms with van der Waals surface area (Å²) >= 11 is 1.53. The molecule has 0 spiro atoms. The van der Waals surface area contributed by atoms with Crippen molar-refractivity contribution < 1.29 is 4.79 Å². The van der Waals surface area contributed by atoms with E-state index in [1.807, 2.05) is 6.07 Å². The Hall–Kier alpha value is -1.48. The normalized spacial score (nSPS) is 11.5. The highest BCUT2D eigenvalue weighted by Crippen LogP contribution is 2.40. The van der Waals surface area contributed by atoms with Crippen LogP contribution in [0.4, 0.5) is 0 Å². The predicted molar refractivity (Wildman–Crippen MR) is 79.9 cm³/mol. The third-order valence-electron chi connectivity index (χ3n) is 3.80. The summed E-state index contributed by atoms with van der Waals surface area (Å²) in [7, 11) is 0. The molecule has 3 heteroatoms. The number of ketones is 1. The Morgan fingerprint density at radius 1 is 1.21 bits per heavy atom. The molecule has 0 saturated carbocycles. The van der Waals surface area contributed by atoms with Crippen LogP contribution in [-0.2, 0) is 5.41 Å². The van der Waals surface area contributed by atoms with Crippen LogP contribution in [0.5, 0.6) is 0 Å². The quantitative estimate of drug-likeness (QED) is 0.753. The first-order valence-corrected chi connectivity index (χ1v) is 7.48. The fraction of sp³-hybridized carbons (Fsp3) is 0.375. The summed E-state index contributed by atoms with van der Waals surface area (Å²) < 4.78 is 0. The van der Waals surface area contributed by atoms with Crippen molar-refractivity contribution in [1.29, 1.82) is 0 Å². The molecule has 2 nitrogen and oxygen atoms in total. The molecular weight excluding hydrogens is 254 g/mol. The van der Waals surface area contributed by atoms with Gasteiger partial charge in [-0.25, -0.2) is 4.98 Å². The van der Waals surface area contributed by atoms with Gasteiger partial charge in [0.15, 0.2) is 5.78 Å². The molecule has 0 aliphatic rings. The second-order valence-electron chi connectivity index (χ2n) is 4.74. The van der Waals surface area contributed by atoms with Crippen LogP contribution in [0.2, 0.25) is 0 Å². The number of thiazole rings is 1. The van der Waals surface area contributed by atoms with E-state index in [0.29, 0.717) is 0 Å². The van der Waals surface area contributed by atoms with Gasteiger partial charge in [-0.05, 0) is 18.4 Å². The molecule has 0 saturated heterocycles. The van der Waals surface area contributed by atoms with E-state index >= 15 is 0 Å². The van der Waals surface area contributed by atoms with Gasteiger partial charge in [-0.1, -0.05) is 44.2 Å². The van der Waals surface area contributed by atoms with E-state index in [2.05, 4.69) is 43.1 Å². The SMILES string of the molecule is CCC(CC)(c1ccccc1)c1ncc(C(C)=O)s1. The third-order valence-corrected chi connectivity index (χ3v) is 5.10. The lowest BCUT2D eigenvalue weighted by Gasteiger charge is -2.30. The molecule has 1 heterocycles.